The van der Waals surface area contributed by atoms with Crippen LogP contribution in [-0.4, -0.2) is 72.4 Å². The maximum absolute atomic E-state index is 13.8. The molecular formula is C42H48N4O8S. The van der Waals surface area contributed by atoms with E-state index in [0.29, 0.717) is 50.9 Å². The summed E-state index contributed by atoms with van der Waals surface area (Å²) in [6.07, 6.45) is 3.11. The van der Waals surface area contributed by atoms with Crippen molar-refractivity contribution < 1.29 is 37.8 Å². The molecule has 5 rings (SSSR count). The van der Waals surface area contributed by atoms with Gasteiger partial charge in [-0.15, -0.1) is 0 Å². The van der Waals surface area contributed by atoms with Crippen LogP contribution in [0.5, 0.6) is 0 Å². The Morgan fingerprint density at radius 3 is 1.87 bits per heavy atom. The number of benzene rings is 4. The zero-order valence-corrected chi connectivity index (χ0v) is 32.1. The maximum Gasteiger partial charge on any atom is 0.335 e. The first-order valence-electron chi connectivity index (χ1n) is 18.6. The van der Waals surface area contributed by atoms with Gasteiger partial charge in [-0.2, -0.15) is 4.31 Å². The average Bonchev–Trinajstić information content (AvgIpc) is 3.19. The van der Waals surface area contributed by atoms with Crippen molar-refractivity contribution in [2.75, 3.05) is 35.2 Å². The molecule has 13 heteroatoms. The summed E-state index contributed by atoms with van der Waals surface area (Å²) in [7, 11) is -4.00. The van der Waals surface area contributed by atoms with Gasteiger partial charge in [0.1, 0.15) is 0 Å². The van der Waals surface area contributed by atoms with E-state index in [-0.39, 0.29) is 39.9 Å². The molecule has 0 unspecified atom stereocenters. The van der Waals surface area contributed by atoms with Crippen molar-refractivity contribution in [3.8, 4) is 0 Å². The molecule has 0 heterocycles. The Labute approximate surface area is 322 Å². The summed E-state index contributed by atoms with van der Waals surface area (Å²) >= 11 is 0. The van der Waals surface area contributed by atoms with Gasteiger partial charge in [0.15, 0.2) is 0 Å². The van der Waals surface area contributed by atoms with E-state index >= 15 is 0 Å². The number of hydrogen-bond donors (Lipinski definition) is 4. The second-order valence-corrected chi connectivity index (χ2v) is 15.5. The van der Waals surface area contributed by atoms with Crippen molar-refractivity contribution in [2.24, 2.45) is 5.92 Å². The van der Waals surface area contributed by atoms with Crippen LogP contribution in [-0.2, 0) is 27.7 Å². The molecular weight excluding hydrogens is 721 g/mol. The summed E-state index contributed by atoms with van der Waals surface area (Å²) in [6, 6.07) is 24.9. The number of rotatable bonds is 16. The Balaban J connectivity index is 1.32. The predicted molar refractivity (Wildman–Crippen MR) is 213 cm³/mol. The molecule has 1 aliphatic carbocycles. The number of aliphatic carboxylic acids is 1. The number of nitrogens with one attached hydrogen (secondary N) is 2. The van der Waals surface area contributed by atoms with Crippen molar-refractivity contribution in [3.05, 3.63) is 119 Å². The minimum atomic E-state index is -4.00. The lowest BCUT2D eigenvalue weighted by Gasteiger charge is -2.34. The summed E-state index contributed by atoms with van der Waals surface area (Å²) < 4.78 is 29.1. The van der Waals surface area contributed by atoms with Crippen LogP contribution < -0.4 is 15.5 Å². The highest BCUT2D eigenvalue weighted by atomic mass is 32.2. The molecule has 12 nitrogen and oxygen atoms in total. The zero-order chi connectivity index (χ0) is 39.7. The molecule has 0 radical (unpaired) electrons. The molecule has 0 bridgehead atoms. The molecule has 2 amide bonds. The summed E-state index contributed by atoms with van der Waals surface area (Å²) in [4.78, 5) is 52.2. The van der Waals surface area contributed by atoms with E-state index in [1.165, 1.54) is 28.6 Å². The number of carboxylic acid groups (broad SMARTS) is 2. The number of hydrogen-bond acceptors (Lipinski definition) is 7. The normalized spacial score (nSPS) is 15.6. The minimum absolute atomic E-state index is 0.0447. The van der Waals surface area contributed by atoms with Crippen LogP contribution in [0.4, 0.5) is 17.1 Å². The Kier molecular flexibility index (Phi) is 13.5. The summed E-state index contributed by atoms with van der Waals surface area (Å²) in [5, 5.41) is 24.3. The number of aromatic carboxylic acids is 1. The molecule has 0 saturated heterocycles. The molecule has 0 aromatic heterocycles. The van der Waals surface area contributed by atoms with Gasteiger partial charge in [-0.1, -0.05) is 37.3 Å². The monoisotopic (exact) mass is 768 g/mol. The van der Waals surface area contributed by atoms with Gasteiger partial charge in [-0.3, -0.25) is 14.4 Å². The number of aryl methyl sites for hydroxylation is 2. The van der Waals surface area contributed by atoms with E-state index in [9.17, 15) is 32.7 Å². The number of carboxylic acids is 2. The largest absolute Gasteiger partial charge is 0.481 e. The van der Waals surface area contributed by atoms with Crippen LogP contribution in [0.25, 0.3) is 0 Å². The van der Waals surface area contributed by atoms with Crippen LogP contribution in [0.1, 0.15) is 88.7 Å². The first-order valence-corrected chi connectivity index (χ1v) is 20.1. The molecule has 0 spiro atoms. The van der Waals surface area contributed by atoms with Gasteiger partial charge in [-0.25, -0.2) is 13.2 Å². The Bertz CT molecular complexity index is 2110. The number of nitrogens with zero attached hydrogens (tertiary/aromatic N) is 2. The second-order valence-electron chi connectivity index (χ2n) is 13.6. The molecule has 0 aliphatic heterocycles. The number of amides is 2. The van der Waals surface area contributed by atoms with Crippen molar-refractivity contribution in [2.45, 2.75) is 70.2 Å². The van der Waals surface area contributed by atoms with Gasteiger partial charge in [0.25, 0.3) is 11.8 Å². The van der Waals surface area contributed by atoms with Gasteiger partial charge in [-0.05, 0) is 124 Å². The average molecular weight is 769 g/mol. The highest BCUT2D eigenvalue weighted by Crippen LogP contribution is 2.32. The third-order valence-electron chi connectivity index (χ3n) is 10.2. The molecule has 1 aliphatic rings. The van der Waals surface area contributed by atoms with E-state index < -0.39 is 39.7 Å². The van der Waals surface area contributed by atoms with E-state index in [2.05, 4.69) is 15.5 Å². The lowest BCUT2D eigenvalue weighted by atomic mass is 9.86. The van der Waals surface area contributed by atoms with Crippen LogP contribution in [0.2, 0.25) is 0 Å². The van der Waals surface area contributed by atoms with Gasteiger partial charge >= 0.3 is 11.9 Å². The van der Waals surface area contributed by atoms with Gasteiger partial charge in [0.2, 0.25) is 10.0 Å². The third kappa shape index (κ3) is 9.97. The van der Waals surface area contributed by atoms with Crippen molar-refractivity contribution in [3.63, 3.8) is 0 Å². The van der Waals surface area contributed by atoms with Crippen molar-refractivity contribution in [1.29, 1.82) is 0 Å². The SMILES string of the molecule is CCN(CC)c1ccc(NC(=O)c2cccc(S(=O)(=O)N(CC)[C@H]3CC[C@H](C(=O)O)CC3)c2)c(C(=O)Nc2ccc(CCc3ccc(C(=O)O)cc3)cc2)c1. The smallest absolute Gasteiger partial charge is 0.335 e. The second kappa shape index (κ2) is 18.2. The quantitative estimate of drug-likeness (QED) is 0.0922. The molecule has 0 atom stereocenters. The summed E-state index contributed by atoms with van der Waals surface area (Å²) in [5.41, 5.74) is 4.21. The molecule has 4 aromatic carbocycles. The first-order chi connectivity index (χ1) is 26.3. The lowest BCUT2D eigenvalue weighted by molar-refractivity contribution is -0.143. The molecule has 4 N–H and O–H groups in total. The number of sulfonamides is 1. The molecule has 4 aromatic rings. The van der Waals surface area contributed by atoms with Crippen LogP contribution >= 0.6 is 0 Å². The molecule has 1 saturated carbocycles. The summed E-state index contributed by atoms with van der Waals surface area (Å²) in [5.74, 6) is -3.34. The highest BCUT2D eigenvalue weighted by molar-refractivity contribution is 7.89. The summed E-state index contributed by atoms with van der Waals surface area (Å²) in [6.45, 7) is 7.36. The van der Waals surface area contributed by atoms with E-state index in [1.807, 2.05) is 32.0 Å². The van der Waals surface area contributed by atoms with Gasteiger partial charge < -0.3 is 25.7 Å². The molecule has 55 heavy (non-hydrogen) atoms. The molecule has 1 fully saturated rings. The topological polar surface area (TPSA) is 173 Å². The third-order valence-corrected chi connectivity index (χ3v) is 12.2. The standard InChI is InChI=1S/C42H48N4O8S/c1-4-45(5-2)35-24-25-38(37(27-35)40(48)43-33-20-14-29(15-21-33)11-10-28-12-16-30(17-13-28)41(49)50)44-39(47)32-8-7-9-36(26-32)55(53,54)46(6-3)34-22-18-31(19-23-34)42(51)52/h7-9,12-17,20-21,24-27,31,34H,4-6,10-11,18-19,22-23H2,1-3H3,(H,43,48)(H,44,47)(H,49,50)(H,51,52)/t31-,34-. The van der Waals surface area contributed by atoms with E-state index in [1.54, 1.807) is 55.5 Å². The minimum Gasteiger partial charge on any atom is -0.481 e. The van der Waals surface area contributed by atoms with Crippen LogP contribution in [0, 0.1) is 5.92 Å². The van der Waals surface area contributed by atoms with Gasteiger partial charge in [0, 0.05) is 42.6 Å². The Morgan fingerprint density at radius 2 is 1.31 bits per heavy atom. The van der Waals surface area contributed by atoms with Crippen molar-refractivity contribution >= 4 is 50.8 Å². The number of anilines is 3. The Hall–Kier alpha value is -5.53. The van der Waals surface area contributed by atoms with Crippen LogP contribution in [0.15, 0.2) is 95.9 Å². The maximum atomic E-state index is 13.8. The van der Waals surface area contributed by atoms with Gasteiger partial charge in [0.05, 0.1) is 27.6 Å². The fourth-order valence-corrected chi connectivity index (χ4v) is 8.77. The number of carbonyl (C=O) groups excluding carboxylic acids is 2. The Morgan fingerprint density at radius 1 is 0.691 bits per heavy atom. The number of carbonyl (C=O) groups is 4. The lowest BCUT2D eigenvalue weighted by Crippen LogP contribution is -2.42. The fourth-order valence-electron chi connectivity index (χ4n) is 7.03. The van der Waals surface area contributed by atoms with Crippen molar-refractivity contribution in [1.82, 2.24) is 4.31 Å². The zero-order valence-electron chi connectivity index (χ0n) is 31.3. The van der Waals surface area contributed by atoms with E-state index in [0.717, 1.165) is 23.2 Å². The highest BCUT2D eigenvalue weighted by Gasteiger charge is 2.35. The predicted octanol–water partition coefficient (Wildman–Crippen LogP) is 7.17. The van der Waals surface area contributed by atoms with E-state index in [4.69, 9.17) is 5.11 Å². The van der Waals surface area contributed by atoms with Crippen LogP contribution in [0.3, 0.4) is 0 Å². The first kappa shape index (κ1) is 40.7. The molecule has 290 valence electrons. The fraction of sp³-hybridized carbons (Fsp3) is 0.333.